The summed E-state index contributed by atoms with van der Waals surface area (Å²) in [5.74, 6) is 2.39. The first-order valence-electron chi connectivity index (χ1n) is 9.39. The molecule has 1 aliphatic heterocycles. The molecule has 3 aromatic carbocycles. The summed E-state index contributed by atoms with van der Waals surface area (Å²) in [5, 5.41) is 3.37. The van der Waals surface area contributed by atoms with Crippen molar-refractivity contribution in [3.8, 4) is 23.0 Å². The number of methoxy groups -OCH3 is 1. The summed E-state index contributed by atoms with van der Waals surface area (Å²) >= 11 is 0. The summed E-state index contributed by atoms with van der Waals surface area (Å²) in [6.07, 6.45) is 0. The topological polar surface area (TPSA) is 49.0 Å². The minimum absolute atomic E-state index is 0.137. The maximum absolute atomic E-state index is 13.8. The van der Waals surface area contributed by atoms with Crippen LogP contribution in [0.1, 0.15) is 11.1 Å². The Labute approximate surface area is 169 Å². The van der Waals surface area contributed by atoms with Crippen molar-refractivity contribution in [3.63, 3.8) is 0 Å². The highest BCUT2D eigenvalue weighted by Crippen LogP contribution is 2.33. The van der Waals surface area contributed by atoms with Crippen LogP contribution in [0.3, 0.4) is 0 Å². The lowest BCUT2D eigenvalue weighted by Crippen LogP contribution is -2.15. The van der Waals surface area contributed by atoms with Crippen LogP contribution in [0.4, 0.5) is 10.1 Å². The molecule has 0 radical (unpaired) electrons. The van der Waals surface area contributed by atoms with Gasteiger partial charge in [0.15, 0.2) is 23.0 Å². The number of nitrogens with one attached hydrogen (secondary N) is 1. The molecule has 0 amide bonds. The quantitative estimate of drug-likeness (QED) is 0.623. The molecule has 0 saturated carbocycles. The van der Waals surface area contributed by atoms with Crippen molar-refractivity contribution >= 4 is 5.69 Å². The van der Waals surface area contributed by atoms with Gasteiger partial charge in [0.2, 0.25) is 0 Å². The average molecular weight is 395 g/mol. The standard InChI is InChI=1S/C23H22FNO4/c1-26-22-12-16(6-8-20(22)29-15-17-4-2-3-5-19(17)24)14-25-18-7-9-21-23(13-18)28-11-10-27-21/h2-9,12-13,25H,10-11,14-15H2,1H3. The third kappa shape index (κ3) is 4.54. The minimum atomic E-state index is -0.285. The lowest BCUT2D eigenvalue weighted by Gasteiger charge is -2.19. The predicted octanol–water partition coefficient (Wildman–Crippen LogP) is 4.80. The molecule has 0 atom stereocenters. The van der Waals surface area contributed by atoms with Crippen LogP contribution in [-0.2, 0) is 13.2 Å². The molecule has 1 N–H and O–H groups in total. The number of anilines is 1. The second-order valence-electron chi connectivity index (χ2n) is 6.58. The predicted molar refractivity (Wildman–Crippen MR) is 108 cm³/mol. The zero-order chi connectivity index (χ0) is 20.1. The molecule has 6 heteroatoms. The van der Waals surface area contributed by atoms with E-state index in [0.717, 1.165) is 22.7 Å². The summed E-state index contributed by atoms with van der Waals surface area (Å²) in [6, 6.07) is 18.0. The largest absolute Gasteiger partial charge is 0.493 e. The highest BCUT2D eigenvalue weighted by Gasteiger charge is 2.12. The van der Waals surface area contributed by atoms with Gasteiger partial charge in [-0.2, -0.15) is 0 Å². The monoisotopic (exact) mass is 395 g/mol. The van der Waals surface area contributed by atoms with Crippen LogP contribution in [-0.4, -0.2) is 20.3 Å². The highest BCUT2D eigenvalue weighted by molar-refractivity contribution is 5.55. The van der Waals surface area contributed by atoms with Gasteiger partial charge in [-0.25, -0.2) is 4.39 Å². The molecular weight excluding hydrogens is 373 g/mol. The molecule has 1 heterocycles. The fraction of sp³-hybridized carbons (Fsp3) is 0.217. The van der Waals surface area contributed by atoms with Gasteiger partial charge in [0.1, 0.15) is 25.6 Å². The van der Waals surface area contributed by atoms with Crippen molar-refractivity contribution in [2.75, 3.05) is 25.6 Å². The van der Waals surface area contributed by atoms with Gasteiger partial charge in [-0.15, -0.1) is 0 Å². The van der Waals surface area contributed by atoms with E-state index in [1.165, 1.54) is 6.07 Å². The summed E-state index contributed by atoms with van der Waals surface area (Å²) < 4.78 is 36.1. The third-order valence-corrected chi connectivity index (χ3v) is 4.61. The van der Waals surface area contributed by atoms with E-state index in [1.54, 1.807) is 25.3 Å². The number of hydrogen-bond donors (Lipinski definition) is 1. The smallest absolute Gasteiger partial charge is 0.163 e. The molecule has 0 aliphatic carbocycles. The number of halogens is 1. The molecule has 150 valence electrons. The maximum atomic E-state index is 13.8. The highest BCUT2D eigenvalue weighted by atomic mass is 19.1. The second-order valence-corrected chi connectivity index (χ2v) is 6.58. The molecule has 3 aromatic rings. The Balaban J connectivity index is 1.40. The van der Waals surface area contributed by atoms with Crippen LogP contribution in [0.2, 0.25) is 0 Å². The lowest BCUT2D eigenvalue weighted by molar-refractivity contribution is 0.171. The number of benzene rings is 3. The number of hydrogen-bond acceptors (Lipinski definition) is 5. The molecule has 0 aromatic heterocycles. The van der Waals surface area contributed by atoms with Gasteiger partial charge in [0.25, 0.3) is 0 Å². The van der Waals surface area contributed by atoms with Crippen LogP contribution in [0.5, 0.6) is 23.0 Å². The van der Waals surface area contributed by atoms with Gasteiger partial charge >= 0.3 is 0 Å². The first-order chi connectivity index (χ1) is 14.2. The van der Waals surface area contributed by atoms with E-state index in [2.05, 4.69) is 5.32 Å². The Morgan fingerprint density at radius 1 is 0.931 bits per heavy atom. The average Bonchev–Trinajstić information content (AvgIpc) is 2.77. The Kier molecular flexibility index (Phi) is 5.70. The van der Waals surface area contributed by atoms with Crippen LogP contribution >= 0.6 is 0 Å². The molecule has 5 nitrogen and oxygen atoms in total. The van der Waals surface area contributed by atoms with Crippen molar-refractivity contribution in [2.24, 2.45) is 0 Å². The van der Waals surface area contributed by atoms with Crippen LogP contribution in [0.25, 0.3) is 0 Å². The Hall–Kier alpha value is -3.41. The molecule has 0 fully saturated rings. The molecule has 0 spiro atoms. The summed E-state index contributed by atoms with van der Waals surface area (Å²) in [4.78, 5) is 0. The number of fused-ring (bicyclic) bond motifs is 1. The number of ether oxygens (including phenoxy) is 4. The van der Waals surface area contributed by atoms with Crippen molar-refractivity contribution in [3.05, 3.63) is 77.6 Å². The fourth-order valence-corrected chi connectivity index (χ4v) is 3.07. The Morgan fingerprint density at radius 3 is 2.59 bits per heavy atom. The fourth-order valence-electron chi connectivity index (χ4n) is 3.07. The van der Waals surface area contributed by atoms with Gasteiger partial charge in [0.05, 0.1) is 7.11 Å². The Bertz CT molecular complexity index is 992. The van der Waals surface area contributed by atoms with Crippen molar-refractivity contribution < 1.29 is 23.3 Å². The maximum Gasteiger partial charge on any atom is 0.163 e. The molecule has 0 bridgehead atoms. The normalized spacial score (nSPS) is 12.3. The van der Waals surface area contributed by atoms with Gasteiger partial charge in [-0.3, -0.25) is 0 Å². The molecule has 4 rings (SSSR count). The zero-order valence-corrected chi connectivity index (χ0v) is 16.1. The third-order valence-electron chi connectivity index (χ3n) is 4.61. The SMILES string of the molecule is COc1cc(CNc2ccc3c(c2)OCCO3)ccc1OCc1ccccc1F. The molecular formula is C23H22FNO4. The molecule has 0 saturated heterocycles. The molecule has 29 heavy (non-hydrogen) atoms. The van der Waals surface area contributed by atoms with Crippen LogP contribution in [0, 0.1) is 5.82 Å². The summed E-state index contributed by atoms with van der Waals surface area (Å²) in [5.41, 5.74) is 2.46. The van der Waals surface area contributed by atoms with Crippen LogP contribution < -0.4 is 24.3 Å². The van der Waals surface area contributed by atoms with Crippen molar-refractivity contribution in [1.82, 2.24) is 0 Å². The minimum Gasteiger partial charge on any atom is -0.493 e. The second kappa shape index (κ2) is 8.73. The van der Waals surface area contributed by atoms with Gasteiger partial charge in [-0.1, -0.05) is 24.3 Å². The summed E-state index contributed by atoms with van der Waals surface area (Å²) in [6.45, 7) is 1.87. The first kappa shape index (κ1) is 18.9. The van der Waals surface area contributed by atoms with Crippen LogP contribution in [0.15, 0.2) is 60.7 Å². The van der Waals surface area contributed by atoms with E-state index < -0.39 is 0 Å². The van der Waals surface area contributed by atoms with E-state index in [-0.39, 0.29) is 12.4 Å². The van der Waals surface area contributed by atoms with E-state index in [9.17, 15) is 4.39 Å². The van der Waals surface area contributed by atoms with Gasteiger partial charge in [0, 0.05) is 23.9 Å². The van der Waals surface area contributed by atoms with Gasteiger partial charge in [-0.05, 0) is 35.9 Å². The molecule has 1 aliphatic rings. The van der Waals surface area contributed by atoms with E-state index in [1.807, 2.05) is 36.4 Å². The lowest BCUT2D eigenvalue weighted by atomic mass is 10.2. The summed E-state index contributed by atoms with van der Waals surface area (Å²) in [7, 11) is 1.59. The number of rotatable bonds is 7. The van der Waals surface area contributed by atoms with Gasteiger partial charge < -0.3 is 24.3 Å². The first-order valence-corrected chi connectivity index (χ1v) is 9.39. The zero-order valence-electron chi connectivity index (χ0n) is 16.1. The van der Waals surface area contributed by atoms with Crippen molar-refractivity contribution in [2.45, 2.75) is 13.2 Å². The van der Waals surface area contributed by atoms with E-state index in [4.69, 9.17) is 18.9 Å². The van der Waals surface area contributed by atoms with E-state index >= 15 is 0 Å². The van der Waals surface area contributed by atoms with Crippen molar-refractivity contribution in [1.29, 1.82) is 0 Å². The molecule has 0 unspecified atom stereocenters. The Morgan fingerprint density at radius 2 is 1.76 bits per heavy atom. The van der Waals surface area contributed by atoms with E-state index in [0.29, 0.717) is 36.8 Å².